The number of hydrogen-bond acceptors (Lipinski definition) is 8. The van der Waals surface area contributed by atoms with Crippen molar-refractivity contribution >= 4 is 16.9 Å². The molecule has 0 radical (unpaired) electrons. The Labute approximate surface area is 217 Å². The van der Waals surface area contributed by atoms with Crippen LogP contribution in [0.2, 0.25) is 0 Å². The number of piperidine rings is 1. The average molecular weight is 494 g/mol. The van der Waals surface area contributed by atoms with Crippen molar-refractivity contribution in [2.45, 2.75) is 31.9 Å². The molecule has 3 heterocycles. The van der Waals surface area contributed by atoms with Gasteiger partial charge in [0.25, 0.3) is 5.88 Å². The van der Waals surface area contributed by atoms with Crippen LogP contribution in [0.1, 0.15) is 25.7 Å². The molecule has 1 aromatic carbocycles. The van der Waals surface area contributed by atoms with Gasteiger partial charge in [-0.25, -0.2) is 0 Å². The van der Waals surface area contributed by atoms with Crippen molar-refractivity contribution in [3.8, 4) is 11.6 Å². The number of halogens is 3. The molecular weight excluding hydrogens is 468 g/mol. The van der Waals surface area contributed by atoms with E-state index in [0.29, 0.717) is 39.2 Å². The normalized spacial score (nSPS) is 19.5. The van der Waals surface area contributed by atoms with Crippen LogP contribution in [0, 0.1) is 11.3 Å². The van der Waals surface area contributed by atoms with E-state index in [-0.39, 0.29) is 58.1 Å². The standard InChI is InChI=1S/C22H27F3N2O6.Na/c23-22(24,25)14-32-16-2-1-3-17-18(16)19(26-33-17)31-12-15-4-8-27(9-5-15)13-21(20(28)29)6-10-30-11-7-21;/h1-3,15H,4-14H2,(H,28,29);/q;+1/p-1. The Morgan fingerprint density at radius 3 is 2.56 bits per heavy atom. The van der Waals surface area contributed by atoms with E-state index < -0.39 is 24.2 Å². The number of nitrogens with zero attached hydrogens (tertiary/aromatic N) is 2. The van der Waals surface area contributed by atoms with E-state index in [4.69, 9.17) is 18.7 Å². The summed E-state index contributed by atoms with van der Waals surface area (Å²) in [6.07, 6.45) is -1.96. The third-order valence-electron chi connectivity index (χ3n) is 6.39. The van der Waals surface area contributed by atoms with Crippen LogP contribution in [0.5, 0.6) is 11.6 Å². The molecule has 2 aliphatic rings. The quantitative estimate of drug-likeness (QED) is 0.450. The number of carboxylic acid groups (broad SMARTS) is 1. The van der Waals surface area contributed by atoms with Crippen LogP contribution in [-0.4, -0.2) is 68.3 Å². The Morgan fingerprint density at radius 1 is 1.21 bits per heavy atom. The van der Waals surface area contributed by atoms with E-state index in [1.54, 1.807) is 6.07 Å². The molecule has 0 bridgehead atoms. The van der Waals surface area contributed by atoms with Gasteiger partial charge in [0, 0.05) is 31.1 Å². The number of rotatable bonds is 8. The SMILES string of the molecule is O=C([O-])C1(CN2CCC(COc3noc4cccc(OCC(F)(F)F)c34)CC2)CCOCC1.[Na+]. The number of carbonyl (C=O) groups excluding carboxylic acids is 1. The van der Waals surface area contributed by atoms with Gasteiger partial charge in [0.15, 0.2) is 12.2 Å². The van der Waals surface area contributed by atoms with Gasteiger partial charge < -0.3 is 33.5 Å². The van der Waals surface area contributed by atoms with E-state index in [0.717, 1.165) is 25.9 Å². The topological polar surface area (TPSA) is 97.1 Å². The third kappa shape index (κ3) is 6.57. The molecule has 0 N–H and O–H groups in total. The fourth-order valence-corrected chi connectivity index (χ4v) is 4.44. The van der Waals surface area contributed by atoms with Gasteiger partial charge in [-0.2, -0.15) is 13.2 Å². The number of hydrogen-bond donors (Lipinski definition) is 0. The molecule has 0 amide bonds. The molecule has 0 atom stereocenters. The summed E-state index contributed by atoms with van der Waals surface area (Å²) in [7, 11) is 0. The van der Waals surface area contributed by atoms with Gasteiger partial charge in [-0.15, -0.1) is 0 Å². The number of benzene rings is 1. The van der Waals surface area contributed by atoms with Crippen LogP contribution in [0.25, 0.3) is 11.0 Å². The molecule has 8 nitrogen and oxygen atoms in total. The number of alkyl halides is 3. The molecule has 2 fully saturated rings. The van der Waals surface area contributed by atoms with Crippen molar-refractivity contribution in [1.29, 1.82) is 0 Å². The molecule has 4 rings (SSSR count). The van der Waals surface area contributed by atoms with Crippen LogP contribution in [0.4, 0.5) is 13.2 Å². The summed E-state index contributed by atoms with van der Waals surface area (Å²) in [5.41, 5.74) is -0.586. The van der Waals surface area contributed by atoms with Crippen LogP contribution in [-0.2, 0) is 9.53 Å². The van der Waals surface area contributed by atoms with E-state index in [2.05, 4.69) is 10.1 Å². The molecular formula is C22H26F3N2NaO6. The first-order valence-corrected chi connectivity index (χ1v) is 11.0. The number of carbonyl (C=O) groups is 1. The van der Waals surface area contributed by atoms with Gasteiger partial charge >= 0.3 is 35.7 Å². The third-order valence-corrected chi connectivity index (χ3v) is 6.39. The monoisotopic (exact) mass is 494 g/mol. The summed E-state index contributed by atoms with van der Waals surface area (Å²) in [6.45, 7) is 1.65. The maximum atomic E-state index is 12.6. The van der Waals surface area contributed by atoms with Gasteiger partial charge in [0.05, 0.1) is 6.61 Å². The Balaban J connectivity index is 0.00000324. The fraction of sp³-hybridized carbons (Fsp3) is 0.636. The fourth-order valence-electron chi connectivity index (χ4n) is 4.44. The smallest absolute Gasteiger partial charge is 0.550 e. The van der Waals surface area contributed by atoms with Gasteiger partial charge in [-0.3, -0.25) is 0 Å². The molecule has 2 saturated heterocycles. The first-order valence-electron chi connectivity index (χ1n) is 11.0. The minimum absolute atomic E-state index is 0. The Hall–Kier alpha value is -1.53. The zero-order chi connectivity index (χ0) is 23.5. The summed E-state index contributed by atoms with van der Waals surface area (Å²) in [4.78, 5) is 13.9. The maximum Gasteiger partial charge on any atom is 1.00 e. The van der Waals surface area contributed by atoms with Crippen LogP contribution >= 0.6 is 0 Å². The summed E-state index contributed by atoms with van der Waals surface area (Å²) in [6, 6.07) is 4.52. The van der Waals surface area contributed by atoms with Crippen molar-refractivity contribution in [3.05, 3.63) is 18.2 Å². The summed E-state index contributed by atoms with van der Waals surface area (Å²) in [5, 5.41) is 15.9. The van der Waals surface area contributed by atoms with Crippen molar-refractivity contribution in [2.75, 3.05) is 46.1 Å². The van der Waals surface area contributed by atoms with Crippen LogP contribution in [0.3, 0.4) is 0 Å². The van der Waals surface area contributed by atoms with Crippen LogP contribution in [0.15, 0.2) is 22.7 Å². The molecule has 0 aliphatic carbocycles. The van der Waals surface area contributed by atoms with Gasteiger partial charge in [-0.05, 0) is 62.0 Å². The summed E-state index contributed by atoms with van der Waals surface area (Å²) in [5.74, 6) is -0.717. The van der Waals surface area contributed by atoms with E-state index in [1.165, 1.54) is 12.1 Å². The Bertz CT molecular complexity index is 956. The zero-order valence-corrected chi connectivity index (χ0v) is 21.1. The molecule has 2 aromatic rings. The molecule has 182 valence electrons. The second kappa shape index (κ2) is 11.5. The van der Waals surface area contributed by atoms with E-state index in [9.17, 15) is 23.1 Å². The van der Waals surface area contributed by atoms with Gasteiger partial charge in [0.2, 0.25) is 0 Å². The number of likely N-dealkylation sites (tertiary alicyclic amines) is 1. The second-order valence-corrected chi connectivity index (χ2v) is 8.73. The molecule has 0 saturated carbocycles. The number of aliphatic carboxylic acids is 1. The molecule has 0 unspecified atom stereocenters. The number of ether oxygens (including phenoxy) is 3. The minimum atomic E-state index is -4.46. The first-order chi connectivity index (χ1) is 15.8. The van der Waals surface area contributed by atoms with Gasteiger partial charge in [-0.1, -0.05) is 6.07 Å². The van der Waals surface area contributed by atoms with Crippen molar-refractivity contribution < 1.29 is 71.4 Å². The van der Waals surface area contributed by atoms with Gasteiger partial charge in [0.1, 0.15) is 11.1 Å². The Kier molecular flexibility index (Phi) is 9.13. The summed E-state index contributed by atoms with van der Waals surface area (Å²) >= 11 is 0. The molecule has 2 aliphatic heterocycles. The second-order valence-electron chi connectivity index (χ2n) is 8.73. The minimum Gasteiger partial charge on any atom is -0.550 e. The number of fused-ring (bicyclic) bond motifs is 1. The average Bonchev–Trinajstić information content (AvgIpc) is 3.21. The van der Waals surface area contributed by atoms with Crippen molar-refractivity contribution in [3.63, 3.8) is 0 Å². The zero-order valence-electron chi connectivity index (χ0n) is 19.1. The van der Waals surface area contributed by atoms with E-state index in [1.807, 2.05) is 0 Å². The molecule has 34 heavy (non-hydrogen) atoms. The number of aromatic nitrogens is 1. The molecule has 1 aromatic heterocycles. The Morgan fingerprint density at radius 2 is 1.91 bits per heavy atom. The van der Waals surface area contributed by atoms with Crippen molar-refractivity contribution in [1.82, 2.24) is 10.1 Å². The molecule has 12 heteroatoms. The van der Waals surface area contributed by atoms with Crippen LogP contribution < -0.4 is 44.1 Å². The number of carboxylic acids is 1. The van der Waals surface area contributed by atoms with Crippen molar-refractivity contribution in [2.24, 2.45) is 11.3 Å². The predicted octanol–water partition coefficient (Wildman–Crippen LogP) is -0.590. The molecule has 0 spiro atoms. The predicted molar refractivity (Wildman–Crippen MR) is 108 cm³/mol. The summed E-state index contributed by atoms with van der Waals surface area (Å²) < 4.78 is 58.9. The van der Waals surface area contributed by atoms with E-state index >= 15 is 0 Å². The largest absolute Gasteiger partial charge is 1.00 e. The first kappa shape index (κ1) is 27.1. The maximum absolute atomic E-state index is 12.6.